The number of carboxylic acids is 1. The van der Waals surface area contributed by atoms with Gasteiger partial charge in [0.1, 0.15) is 0 Å². The van der Waals surface area contributed by atoms with Crippen LogP contribution in [-0.4, -0.2) is 20.9 Å². The third-order valence-electron chi connectivity index (χ3n) is 1.35. The number of hydrogen-bond acceptors (Lipinski definition) is 6. The zero-order valence-electron chi connectivity index (χ0n) is 9.52. The maximum absolute atomic E-state index is 10.8. The molecule has 0 aliphatic rings. The standard InChI is InChI=1S/C6H4N2O5.C2H4O2.Na/c9-6-2-1-4(7(10)11)3-5(6)8(12)13;1-2(3)4;/h1-3,9H;1H3,(H,3,4);/q;;+1/p-1. The van der Waals surface area contributed by atoms with E-state index in [1.807, 2.05) is 0 Å². The van der Waals surface area contributed by atoms with Crippen LogP contribution in [0, 0.1) is 20.2 Å². The molecule has 0 heterocycles. The van der Waals surface area contributed by atoms with Gasteiger partial charge in [0.2, 0.25) is 0 Å². The zero-order valence-corrected chi connectivity index (χ0v) is 11.5. The number of non-ortho nitro benzene ring substituents is 1. The number of nitrogens with zero attached hydrogens (tertiary/aromatic N) is 2. The number of nitro groups is 2. The molecule has 0 saturated carbocycles. The van der Waals surface area contributed by atoms with Gasteiger partial charge in [-0.15, -0.1) is 0 Å². The van der Waals surface area contributed by atoms with E-state index in [1.165, 1.54) is 0 Å². The fourth-order valence-electron chi connectivity index (χ4n) is 0.762. The summed E-state index contributed by atoms with van der Waals surface area (Å²) in [5, 5.41) is 38.5. The van der Waals surface area contributed by atoms with Gasteiger partial charge in [0.05, 0.1) is 15.9 Å². The molecular weight excluding hydrogens is 259 g/mol. The van der Waals surface area contributed by atoms with E-state index in [0.717, 1.165) is 19.1 Å². The van der Waals surface area contributed by atoms with E-state index in [9.17, 15) is 25.3 Å². The number of carboxylic acid groups (broad SMARTS) is 1. The quantitative estimate of drug-likeness (QED) is 0.358. The average molecular weight is 266 g/mol. The third kappa shape index (κ3) is 6.78. The molecule has 0 amide bonds. The van der Waals surface area contributed by atoms with Crippen LogP contribution in [0.1, 0.15) is 6.92 Å². The molecule has 1 aromatic carbocycles. The van der Waals surface area contributed by atoms with Gasteiger partial charge in [-0.3, -0.25) is 25.0 Å². The Balaban J connectivity index is 0. The monoisotopic (exact) mass is 266 g/mol. The summed E-state index contributed by atoms with van der Waals surface area (Å²) in [6, 6.07) is 2.37. The van der Waals surface area contributed by atoms with E-state index in [4.69, 9.17) is 9.90 Å². The van der Waals surface area contributed by atoms with Crippen molar-refractivity contribution in [1.29, 1.82) is 0 Å². The van der Waals surface area contributed by atoms with Gasteiger partial charge in [0.25, 0.3) is 17.3 Å². The van der Waals surface area contributed by atoms with Crippen LogP contribution < -0.4 is 34.7 Å². The number of hydrogen-bond donors (Lipinski definition) is 1. The molecule has 0 unspecified atom stereocenters. The van der Waals surface area contributed by atoms with Gasteiger partial charge >= 0.3 is 29.6 Å². The first-order valence-corrected chi connectivity index (χ1v) is 4.05. The van der Waals surface area contributed by atoms with Crippen molar-refractivity contribution >= 4 is 17.3 Å². The third-order valence-corrected chi connectivity index (χ3v) is 1.35. The summed E-state index contributed by atoms with van der Waals surface area (Å²) < 4.78 is 0. The number of carbonyl (C=O) groups is 1. The van der Waals surface area contributed by atoms with Crippen molar-refractivity contribution in [2.24, 2.45) is 0 Å². The Morgan fingerprint density at radius 2 is 1.67 bits per heavy atom. The largest absolute Gasteiger partial charge is 1.00 e. The smallest absolute Gasteiger partial charge is 0.868 e. The molecule has 1 N–H and O–H groups in total. The maximum atomic E-state index is 10.8. The number of rotatable bonds is 2. The van der Waals surface area contributed by atoms with Crippen molar-refractivity contribution in [3.05, 3.63) is 38.4 Å². The molecule has 1 aromatic rings. The fraction of sp³-hybridized carbons (Fsp3) is 0.125. The SMILES string of the molecule is CC(=O)O.O=[N+]([O-])c1ccc([O-])c([N+](=O)[O-])c1.[Na+]. The molecule has 1 rings (SSSR count). The fourth-order valence-corrected chi connectivity index (χ4v) is 0.762. The van der Waals surface area contributed by atoms with Crippen LogP contribution in [0.4, 0.5) is 11.4 Å². The first-order valence-electron chi connectivity index (χ1n) is 4.05. The van der Waals surface area contributed by atoms with Crippen LogP contribution in [0.25, 0.3) is 0 Å². The maximum Gasteiger partial charge on any atom is 1.00 e. The van der Waals surface area contributed by atoms with Crippen LogP contribution in [0.15, 0.2) is 18.2 Å². The summed E-state index contributed by atoms with van der Waals surface area (Å²) in [6.45, 7) is 1.08. The molecule has 0 radical (unpaired) electrons. The Morgan fingerprint density at radius 3 is 2.00 bits per heavy atom. The predicted molar refractivity (Wildman–Crippen MR) is 52.5 cm³/mol. The van der Waals surface area contributed by atoms with E-state index in [0.29, 0.717) is 6.07 Å². The van der Waals surface area contributed by atoms with Gasteiger partial charge in [0, 0.05) is 13.0 Å². The Morgan fingerprint density at radius 1 is 1.22 bits per heavy atom. The van der Waals surface area contributed by atoms with Crippen LogP contribution in [0.2, 0.25) is 0 Å². The summed E-state index contributed by atoms with van der Waals surface area (Å²) in [7, 11) is 0. The number of nitro benzene ring substituents is 2. The molecule has 18 heavy (non-hydrogen) atoms. The second-order valence-corrected chi connectivity index (χ2v) is 2.69. The Hall–Kier alpha value is -1.71. The summed E-state index contributed by atoms with van der Waals surface area (Å²) in [5.74, 6) is -1.67. The van der Waals surface area contributed by atoms with Crippen molar-refractivity contribution in [3.63, 3.8) is 0 Å². The Kier molecular flexibility index (Phi) is 8.69. The first-order chi connectivity index (χ1) is 7.75. The number of aliphatic carboxylic acids is 1. The summed E-state index contributed by atoms with van der Waals surface area (Å²) in [6.07, 6.45) is 0. The summed E-state index contributed by atoms with van der Waals surface area (Å²) in [5.41, 5.74) is -1.25. The minimum absolute atomic E-state index is 0. The molecule has 0 aliphatic carbocycles. The molecule has 0 spiro atoms. The minimum atomic E-state index is -0.949. The number of benzene rings is 1. The van der Waals surface area contributed by atoms with Crippen LogP contribution in [-0.2, 0) is 4.79 Å². The molecule has 10 heteroatoms. The van der Waals surface area contributed by atoms with Crippen molar-refractivity contribution in [2.45, 2.75) is 6.92 Å². The summed E-state index contributed by atoms with van der Waals surface area (Å²) in [4.78, 5) is 27.6. The van der Waals surface area contributed by atoms with Gasteiger partial charge in [-0.05, 0) is 5.75 Å². The molecular formula is C8H7N2NaO7. The average Bonchev–Trinajstić information content (AvgIpc) is 2.16. The zero-order chi connectivity index (χ0) is 13.6. The van der Waals surface area contributed by atoms with Gasteiger partial charge < -0.3 is 10.2 Å². The molecule has 0 bridgehead atoms. The van der Waals surface area contributed by atoms with Crippen LogP contribution in [0.5, 0.6) is 5.75 Å². The van der Waals surface area contributed by atoms with Crippen molar-refractivity contribution in [2.75, 3.05) is 0 Å². The van der Waals surface area contributed by atoms with Crippen LogP contribution >= 0.6 is 0 Å². The Bertz CT molecular complexity index is 459. The van der Waals surface area contributed by atoms with Crippen molar-refractivity contribution < 1.29 is 54.4 Å². The van der Waals surface area contributed by atoms with Crippen LogP contribution in [0.3, 0.4) is 0 Å². The molecule has 0 atom stereocenters. The topological polar surface area (TPSA) is 147 Å². The minimum Gasteiger partial charge on any atom is -0.868 e. The molecule has 0 fully saturated rings. The predicted octanol–water partition coefficient (Wildman–Crippen LogP) is -2.33. The molecule has 9 nitrogen and oxygen atoms in total. The summed E-state index contributed by atoms with van der Waals surface area (Å²) >= 11 is 0. The Labute approximate surface area is 123 Å². The first kappa shape index (κ1) is 18.6. The van der Waals surface area contributed by atoms with E-state index >= 15 is 0 Å². The molecule has 92 valence electrons. The van der Waals surface area contributed by atoms with Crippen molar-refractivity contribution in [1.82, 2.24) is 0 Å². The van der Waals surface area contributed by atoms with E-state index < -0.39 is 32.9 Å². The van der Waals surface area contributed by atoms with Gasteiger partial charge in [-0.2, -0.15) is 0 Å². The molecule has 0 aliphatic heterocycles. The van der Waals surface area contributed by atoms with Gasteiger partial charge in [0.15, 0.2) is 0 Å². The normalized spacial score (nSPS) is 8.28. The van der Waals surface area contributed by atoms with E-state index in [2.05, 4.69) is 0 Å². The van der Waals surface area contributed by atoms with E-state index in [-0.39, 0.29) is 29.6 Å². The van der Waals surface area contributed by atoms with Crippen molar-refractivity contribution in [3.8, 4) is 5.75 Å². The van der Waals surface area contributed by atoms with Gasteiger partial charge in [-0.25, -0.2) is 0 Å². The second kappa shape index (κ2) is 8.39. The second-order valence-electron chi connectivity index (χ2n) is 2.69. The van der Waals surface area contributed by atoms with Gasteiger partial charge in [-0.1, -0.05) is 6.07 Å². The van der Waals surface area contributed by atoms with E-state index in [1.54, 1.807) is 0 Å². The molecule has 0 aromatic heterocycles. The molecule has 0 saturated heterocycles.